The average molecular weight is 410 g/mol. The van der Waals surface area contributed by atoms with Crippen molar-refractivity contribution < 1.29 is 17.9 Å². The number of anilines is 1. The van der Waals surface area contributed by atoms with E-state index in [9.17, 15) is 13.2 Å². The molecule has 6 nitrogen and oxygen atoms in total. The monoisotopic (exact) mass is 410 g/mol. The van der Waals surface area contributed by atoms with Gasteiger partial charge in [0.05, 0.1) is 11.5 Å². The quantitative estimate of drug-likeness (QED) is 0.676. The highest BCUT2D eigenvalue weighted by Crippen LogP contribution is 2.25. The highest BCUT2D eigenvalue weighted by molar-refractivity contribution is 7.89. The maximum Gasteiger partial charge on any atom is 0.240 e. The minimum Gasteiger partial charge on any atom is -0.494 e. The number of sulfonamides is 1. The molecule has 0 aliphatic carbocycles. The third-order valence-corrected chi connectivity index (χ3v) is 6.46. The van der Waals surface area contributed by atoms with Gasteiger partial charge in [-0.05, 0) is 54.1 Å². The van der Waals surface area contributed by atoms with Crippen molar-refractivity contribution >= 4 is 32.4 Å². The molecule has 1 fully saturated rings. The number of rotatable bonds is 6. The Morgan fingerprint density at radius 3 is 2.48 bits per heavy atom. The lowest BCUT2D eigenvalue weighted by Gasteiger charge is -2.18. The molecule has 0 saturated carbocycles. The summed E-state index contributed by atoms with van der Waals surface area (Å²) in [6.45, 7) is 2.77. The lowest BCUT2D eigenvalue weighted by molar-refractivity contribution is -0.117. The summed E-state index contributed by atoms with van der Waals surface area (Å²) in [6, 6.07) is 19.4. The number of hydrogen-bond donors (Lipinski definition) is 1. The van der Waals surface area contributed by atoms with Gasteiger partial charge in [-0.3, -0.25) is 4.79 Å². The molecule has 0 spiro atoms. The third-order valence-electron chi connectivity index (χ3n) is 4.94. The van der Waals surface area contributed by atoms with Crippen LogP contribution in [0, 0.1) is 0 Å². The van der Waals surface area contributed by atoms with Crippen molar-refractivity contribution in [3.05, 3.63) is 66.7 Å². The summed E-state index contributed by atoms with van der Waals surface area (Å²) >= 11 is 0. The van der Waals surface area contributed by atoms with Gasteiger partial charge < -0.3 is 9.64 Å². The van der Waals surface area contributed by atoms with Crippen LogP contribution in [0.25, 0.3) is 10.8 Å². The van der Waals surface area contributed by atoms with Gasteiger partial charge in [0.15, 0.2) is 0 Å². The molecule has 1 amide bonds. The molecule has 1 N–H and O–H groups in total. The van der Waals surface area contributed by atoms with Gasteiger partial charge >= 0.3 is 0 Å². The minimum atomic E-state index is -3.73. The van der Waals surface area contributed by atoms with Gasteiger partial charge in [0, 0.05) is 24.7 Å². The molecular weight excluding hydrogens is 388 g/mol. The van der Waals surface area contributed by atoms with Crippen molar-refractivity contribution in [1.29, 1.82) is 0 Å². The molecular formula is C22H22N2O4S. The molecule has 1 atom stereocenters. The number of amides is 1. The van der Waals surface area contributed by atoms with Gasteiger partial charge in [-0.1, -0.05) is 30.3 Å². The van der Waals surface area contributed by atoms with E-state index in [0.29, 0.717) is 13.2 Å². The van der Waals surface area contributed by atoms with Gasteiger partial charge in [0.25, 0.3) is 0 Å². The zero-order chi connectivity index (χ0) is 20.4. The Bertz CT molecular complexity index is 1140. The van der Waals surface area contributed by atoms with Crippen LogP contribution in [0.15, 0.2) is 71.6 Å². The molecule has 4 rings (SSSR count). The van der Waals surface area contributed by atoms with E-state index in [1.807, 2.05) is 43.3 Å². The van der Waals surface area contributed by atoms with Gasteiger partial charge in [-0.2, -0.15) is 0 Å². The van der Waals surface area contributed by atoms with Crippen molar-refractivity contribution in [2.45, 2.75) is 24.3 Å². The zero-order valence-corrected chi connectivity index (χ0v) is 16.9. The largest absolute Gasteiger partial charge is 0.494 e. The number of ether oxygens (including phenoxy) is 1. The molecule has 1 saturated heterocycles. The fraction of sp³-hybridized carbons (Fsp3) is 0.227. The molecule has 1 heterocycles. The van der Waals surface area contributed by atoms with E-state index < -0.39 is 16.1 Å². The summed E-state index contributed by atoms with van der Waals surface area (Å²) in [7, 11) is -3.73. The maximum atomic E-state index is 12.8. The van der Waals surface area contributed by atoms with Gasteiger partial charge in [-0.25, -0.2) is 13.1 Å². The van der Waals surface area contributed by atoms with Crippen molar-refractivity contribution in [2.75, 3.05) is 18.1 Å². The predicted octanol–water partition coefficient (Wildman–Crippen LogP) is 3.32. The van der Waals surface area contributed by atoms with Gasteiger partial charge in [-0.15, -0.1) is 0 Å². The number of fused-ring (bicyclic) bond motifs is 1. The maximum absolute atomic E-state index is 12.8. The second-order valence-electron chi connectivity index (χ2n) is 6.96. The van der Waals surface area contributed by atoms with E-state index in [4.69, 9.17) is 4.74 Å². The van der Waals surface area contributed by atoms with Crippen LogP contribution < -0.4 is 14.4 Å². The van der Waals surface area contributed by atoms with E-state index in [1.54, 1.807) is 35.2 Å². The average Bonchev–Trinajstić information content (AvgIpc) is 3.07. The second kappa shape index (κ2) is 7.85. The first kappa shape index (κ1) is 19.4. The Labute approximate surface area is 170 Å². The lowest BCUT2D eigenvalue weighted by Crippen LogP contribution is -2.37. The Kier molecular flexibility index (Phi) is 5.25. The summed E-state index contributed by atoms with van der Waals surface area (Å²) in [5, 5.41) is 1.83. The summed E-state index contributed by atoms with van der Waals surface area (Å²) in [4.78, 5) is 14.3. The van der Waals surface area contributed by atoms with Crippen molar-refractivity contribution in [3.63, 3.8) is 0 Å². The van der Waals surface area contributed by atoms with Crippen LogP contribution in [0.5, 0.6) is 5.75 Å². The van der Waals surface area contributed by atoms with Crippen molar-refractivity contribution in [2.24, 2.45) is 0 Å². The minimum absolute atomic E-state index is 0.111. The number of nitrogens with zero attached hydrogens (tertiary/aromatic N) is 1. The molecule has 0 unspecified atom stereocenters. The lowest BCUT2D eigenvalue weighted by atomic mass is 10.1. The second-order valence-corrected chi connectivity index (χ2v) is 8.68. The number of hydrogen-bond acceptors (Lipinski definition) is 4. The fourth-order valence-corrected chi connectivity index (χ4v) is 4.81. The van der Waals surface area contributed by atoms with Crippen LogP contribution in [0.2, 0.25) is 0 Å². The Hall–Kier alpha value is -2.90. The molecule has 3 aromatic rings. The first-order valence-electron chi connectivity index (χ1n) is 9.50. The summed E-state index contributed by atoms with van der Waals surface area (Å²) in [5.74, 6) is 0.622. The number of benzene rings is 3. The van der Waals surface area contributed by atoms with Crippen LogP contribution in [0.1, 0.15) is 13.3 Å². The smallest absolute Gasteiger partial charge is 0.240 e. The van der Waals surface area contributed by atoms with E-state index >= 15 is 0 Å². The van der Waals surface area contributed by atoms with Gasteiger partial charge in [0.1, 0.15) is 5.75 Å². The first-order chi connectivity index (χ1) is 14.0. The fourth-order valence-electron chi connectivity index (χ4n) is 3.55. The summed E-state index contributed by atoms with van der Waals surface area (Å²) in [5.41, 5.74) is 0.728. The number of carbonyl (C=O) groups excluding carboxylic acids is 1. The Morgan fingerprint density at radius 2 is 1.76 bits per heavy atom. The highest BCUT2D eigenvalue weighted by Gasteiger charge is 2.33. The van der Waals surface area contributed by atoms with Crippen LogP contribution in [-0.4, -0.2) is 33.5 Å². The molecule has 0 aromatic heterocycles. The molecule has 0 radical (unpaired) electrons. The van der Waals surface area contributed by atoms with Crippen LogP contribution in [0.3, 0.4) is 0 Å². The van der Waals surface area contributed by atoms with E-state index in [-0.39, 0.29) is 17.2 Å². The standard InChI is InChI=1S/C22H22N2O4S/c1-2-28-20-10-8-19(9-11-20)24-15-18(14-22(24)25)23-29(26,27)21-12-7-16-5-3-4-6-17(16)13-21/h3-13,18,23H,2,14-15H2,1H3/t18-/m1/s1. The van der Waals surface area contributed by atoms with Crippen LogP contribution in [-0.2, 0) is 14.8 Å². The van der Waals surface area contributed by atoms with E-state index in [2.05, 4.69) is 4.72 Å². The van der Waals surface area contributed by atoms with Crippen molar-refractivity contribution in [3.8, 4) is 5.75 Å². The Morgan fingerprint density at radius 1 is 1.03 bits per heavy atom. The van der Waals surface area contributed by atoms with Crippen LogP contribution >= 0.6 is 0 Å². The van der Waals surface area contributed by atoms with Gasteiger partial charge in [0.2, 0.25) is 15.9 Å². The first-order valence-corrected chi connectivity index (χ1v) is 11.0. The highest BCUT2D eigenvalue weighted by atomic mass is 32.2. The number of nitrogens with one attached hydrogen (secondary N) is 1. The summed E-state index contributed by atoms with van der Waals surface area (Å²) < 4.78 is 33.8. The topological polar surface area (TPSA) is 75.7 Å². The third kappa shape index (κ3) is 4.11. The molecule has 150 valence electrons. The molecule has 3 aromatic carbocycles. The SMILES string of the molecule is CCOc1ccc(N2C[C@H](NS(=O)(=O)c3ccc4ccccc4c3)CC2=O)cc1. The van der Waals surface area contributed by atoms with E-state index in [0.717, 1.165) is 22.2 Å². The van der Waals surface area contributed by atoms with E-state index in [1.165, 1.54) is 0 Å². The Balaban J connectivity index is 1.49. The normalized spacial score (nSPS) is 17.1. The van der Waals surface area contributed by atoms with Crippen LogP contribution in [0.4, 0.5) is 5.69 Å². The predicted molar refractivity (Wildman–Crippen MR) is 113 cm³/mol. The molecule has 1 aliphatic rings. The van der Waals surface area contributed by atoms with Crippen molar-refractivity contribution in [1.82, 2.24) is 4.72 Å². The molecule has 1 aliphatic heterocycles. The molecule has 7 heteroatoms. The molecule has 29 heavy (non-hydrogen) atoms. The number of carbonyl (C=O) groups is 1. The zero-order valence-electron chi connectivity index (χ0n) is 16.0. The summed E-state index contributed by atoms with van der Waals surface area (Å²) in [6.07, 6.45) is 0.125. The molecule has 0 bridgehead atoms.